The summed E-state index contributed by atoms with van der Waals surface area (Å²) >= 11 is 6.65. The van der Waals surface area contributed by atoms with Gasteiger partial charge < -0.3 is 0 Å². The molecule has 0 atom stereocenters. The van der Waals surface area contributed by atoms with Gasteiger partial charge in [0, 0.05) is 11.5 Å². The molecule has 1 aromatic rings. The normalized spacial score (nSPS) is 8.60. The van der Waals surface area contributed by atoms with Crippen LogP contribution in [0.4, 0.5) is 0 Å². The van der Waals surface area contributed by atoms with E-state index < -0.39 is 0 Å². The van der Waals surface area contributed by atoms with E-state index in [1.807, 2.05) is 12.1 Å². The van der Waals surface area contributed by atoms with E-state index >= 15 is 0 Å². The number of rotatable bonds is 1. The molecule has 1 nitrogen and oxygen atoms in total. The van der Waals surface area contributed by atoms with Crippen LogP contribution in [0.3, 0.4) is 0 Å². The molecule has 1 heterocycles. The minimum atomic E-state index is 0. The smallest absolute Gasteiger partial charge is 0.110 e. The standard InChI is InChI=1S/C6H5Br2N.ClH/c7-4-5-2-1-3-9-6(5)8;/h1-3H,4H2;1H. The van der Waals surface area contributed by atoms with Crippen molar-refractivity contribution in [2.24, 2.45) is 0 Å². The molecule has 56 valence electrons. The van der Waals surface area contributed by atoms with E-state index in [4.69, 9.17) is 0 Å². The van der Waals surface area contributed by atoms with Crippen molar-refractivity contribution in [3.63, 3.8) is 0 Å². The Labute approximate surface area is 82.9 Å². The van der Waals surface area contributed by atoms with E-state index in [1.165, 1.54) is 5.56 Å². The summed E-state index contributed by atoms with van der Waals surface area (Å²) in [6.07, 6.45) is 1.76. The zero-order valence-corrected chi connectivity index (χ0v) is 9.04. The van der Waals surface area contributed by atoms with E-state index in [9.17, 15) is 0 Å². The summed E-state index contributed by atoms with van der Waals surface area (Å²) in [7, 11) is 0. The lowest BCUT2D eigenvalue weighted by Gasteiger charge is -1.94. The first-order valence-corrected chi connectivity index (χ1v) is 4.41. The highest BCUT2D eigenvalue weighted by Crippen LogP contribution is 2.14. The highest BCUT2D eigenvalue weighted by molar-refractivity contribution is 9.10. The van der Waals surface area contributed by atoms with Gasteiger partial charge in [0.15, 0.2) is 0 Å². The van der Waals surface area contributed by atoms with Crippen LogP contribution >= 0.6 is 44.3 Å². The lowest BCUT2D eigenvalue weighted by molar-refractivity contribution is 1.21. The molecule has 0 aromatic carbocycles. The molecule has 0 fully saturated rings. The minimum absolute atomic E-state index is 0. The number of hydrogen-bond acceptors (Lipinski definition) is 1. The lowest BCUT2D eigenvalue weighted by atomic mass is 10.3. The topological polar surface area (TPSA) is 12.9 Å². The molecule has 10 heavy (non-hydrogen) atoms. The second kappa shape index (κ2) is 5.10. The molecular weight excluding hydrogens is 281 g/mol. The van der Waals surface area contributed by atoms with Crippen LogP contribution in [0.25, 0.3) is 0 Å². The first kappa shape index (κ1) is 10.4. The van der Waals surface area contributed by atoms with E-state index in [0.29, 0.717) is 0 Å². The number of alkyl halides is 1. The van der Waals surface area contributed by atoms with Gasteiger partial charge in [-0.1, -0.05) is 22.0 Å². The molecular formula is C6H6Br2ClN. The Morgan fingerprint density at radius 1 is 1.50 bits per heavy atom. The van der Waals surface area contributed by atoms with Crippen LogP contribution < -0.4 is 0 Å². The van der Waals surface area contributed by atoms with Gasteiger partial charge in [0.05, 0.1) is 0 Å². The summed E-state index contributed by atoms with van der Waals surface area (Å²) in [6.45, 7) is 0. The summed E-state index contributed by atoms with van der Waals surface area (Å²) in [5.41, 5.74) is 1.18. The maximum atomic E-state index is 4.04. The number of pyridine rings is 1. The van der Waals surface area contributed by atoms with Crippen LogP contribution in [-0.2, 0) is 5.33 Å². The number of hydrogen-bond donors (Lipinski definition) is 0. The van der Waals surface area contributed by atoms with Gasteiger partial charge in [-0.3, -0.25) is 0 Å². The van der Waals surface area contributed by atoms with E-state index in [2.05, 4.69) is 36.8 Å². The maximum absolute atomic E-state index is 4.04. The SMILES string of the molecule is BrCc1cccnc1Br.Cl. The summed E-state index contributed by atoms with van der Waals surface area (Å²) in [6, 6.07) is 3.94. The number of nitrogens with zero attached hydrogens (tertiary/aromatic N) is 1. The molecule has 0 bridgehead atoms. The summed E-state index contributed by atoms with van der Waals surface area (Å²) in [4.78, 5) is 4.04. The molecule has 4 heteroatoms. The Bertz CT molecular complexity index is 205. The number of aromatic nitrogens is 1. The largest absolute Gasteiger partial charge is 0.249 e. The maximum Gasteiger partial charge on any atom is 0.110 e. The zero-order chi connectivity index (χ0) is 6.69. The Balaban J connectivity index is 0.000000810. The molecule has 0 aliphatic heterocycles. The van der Waals surface area contributed by atoms with Crippen molar-refractivity contribution in [3.8, 4) is 0 Å². The van der Waals surface area contributed by atoms with Crippen molar-refractivity contribution in [3.05, 3.63) is 28.5 Å². The fourth-order valence-corrected chi connectivity index (χ4v) is 1.74. The van der Waals surface area contributed by atoms with E-state index in [1.54, 1.807) is 6.20 Å². The molecule has 0 radical (unpaired) electrons. The second-order valence-electron chi connectivity index (χ2n) is 1.59. The number of halogens is 3. The molecule has 0 aliphatic rings. The highest BCUT2D eigenvalue weighted by atomic mass is 79.9. The molecule has 0 amide bonds. The van der Waals surface area contributed by atoms with E-state index in [0.717, 1.165) is 9.93 Å². The Kier molecular flexibility index (Phi) is 5.31. The third kappa shape index (κ3) is 2.56. The van der Waals surface area contributed by atoms with Gasteiger partial charge in [-0.2, -0.15) is 0 Å². The minimum Gasteiger partial charge on any atom is -0.249 e. The van der Waals surface area contributed by atoms with Gasteiger partial charge in [-0.15, -0.1) is 12.4 Å². The van der Waals surface area contributed by atoms with Crippen molar-refractivity contribution >= 4 is 44.3 Å². The van der Waals surface area contributed by atoms with Crippen molar-refractivity contribution < 1.29 is 0 Å². The van der Waals surface area contributed by atoms with Crippen LogP contribution in [0, 0.1) is 0 Å². The van der Waals surface area contributed by atoms with Gasteiger partial charge in [0.1, 0.15) is 4.60 Å². The molecule has 0 saturated carbocycles. The van der Waals surface area contributed by atoms with Crippen LogP contribution in [0.15, 0.2) is 22.9 Å². The highest BCUT2D eigenvalue weighted by Gasteiger charge is 1.94. The van der Waals surface area contributed by atoms with Gasteiger partial charge in [0.2, 0.25) is 0 Å². The molecule has 1 aromatic heterocycles. The predicted molar refractivity (Wildman–Crippen MR) is 51.8 cm³/mol. The zero-order valence-electron chi connectivity index (χ0n) is 5.05. The average molecular weight is 287 g/mol. The van der Waals surface area contributed by atoms with E-state index in [-0.39, 0.29) is 12.4 Å². The fourth-order valence-electron chi connectivity index (χ4n) is 0.519. The van der Waals surface area contributed by atoms with Crippen LogP contribution in [-0.4, -0.2) is 4.98 Å². The van der Waals surface area contributed by atoms with Crippen LogP contribution in [0.2, 0.25) is 0 Å². The Morgan fingerprint density at radius 3 is 2.60 bits per heavy atom. The van der Waals surface area contributed by atoms with Crippen molar-refractivity contribution in [1.29, 1.82) is 0 Å². The third-order valence-corrected chi connectivity index (χ3v) is 2.30. The second-order valence-corrected chi connectivity index (χ2v) is 2.90. The van der Waals surface area contributed by atoms with Crippen molar-refractivity contribution in [1.82, 2.24) is 4.98 Å². The van der Waals surface area contributed by atoms with Crippen LogP contribution in [0.5, 0.6) is 0 Å². The lowest BCUT2D eigenvalue weighted by Crippen LogP contribution is -1.81. The first-order chi connectivity index (χ1) is 4.34. The molecule has 0 saturated heterocycles. The molecule has 0 aliphatic carbocycles. The summed E-state index contributed by atoms with van der Waals surface area (Å²) in [5, 5.41) is 0.849. The molecule has 0 spiro atoms. The predicted octanol–water partition coefficient (Wildman–Crippen LogP) is 3.16. The molecule has 0 N–H and O–H groups in total. The van der Waals surface area contributed by atoms with Crippen molar-refractivity contribution in [2.45, 2.75) is 5.33 Å². The average Bonchev–Trinajstić information content (AvgIpc) is 1.89. The van der Waals surface area contributed by atoms with Gasteiger partial charge in [0.25, 0.3) is 0 Å². The van der Waals surface area contributed by atoms with Crippen molar-refractivity contribution in [2.75, 3.05) is 0 Å². The third-order valence-electron chi connectivity index (χ3n) is 0.980. The monoisotopic (exact) mass is 285 g/mol. The summed E-state index contributed by atoms with van der Waals surface area (Å²) < 4.78 is 0.918. The fraction of sp³-hybridized carbons (Fsp3) is 0.167. The quantitative estimate of drug-likeness (QED) is 0.571. The van der Waals surface area contributed by atoms with Gasteiger partial charge in [-0.25, -0.2) is 4.98 Å². The Hall–Kier alpha value is 0.400. The van der Waals surface area contributed by atoms with Gasteiger partial charge in [-0.05, 0) is 27.6 Å². The van der Waals surface area contributed by atoms with Crippen LogP contribution in [0.1, 0.15) is 5.56 Å². The van der Waals surface area contributed by atoms with Gasteiger partial charge >= 0.3 is 0 Å². The first-order valence-electron chi connectivity index (χ1n) is 2.50. The molecule has 0 unspecified atom stereocenters. The molecule has 1 rings (SSSR count). The Morgan fingerprint density at radius 2 is 2.20 bits per heavy atom. The summed E-state index contributed by atoms with van der Waals surface area (Å²) in [5.74, 6) is 0.